The molecule has 1 aliphatic heterocycles. The van der Waals surface area contributed by atoms with Crippen molar-refractivity contribution in [2.24, 2.45) is 0 Å². The maximum Gasteiger partial charge on any atom is 0.161 e. The van der Waals surface area contributed by atoms with Gasteiger partial charge in [0.2, 0.25) is 0 Å². The van der Waals surface area contributed by atoms with Gasteiger partial charge < -0.3 is 14.4 Å². The minimum Gasteiger partial charge on any atom is -0.493 e. The van der Waals surface area contributed by atoms with Crippen LogP contribution >= 0.6 is 15.9 Å². The first-order chi connectivity index (χ1) is 12.7. The van der Waals surface area contributed by atoms with Crippen LogP contribution in [-0.2, 0) is 6.54 Å². The Labute approximate surface area is 162 Å². The molecule has 0 amide bonds. The molecule has 0 bridgehead atoms. The zero-order chi connectivity index (χ0) is 18.5. The summed E-state index contributed by atoms with van der Waals surface area (Å²) < 4.78 is 11.8. The number of benzene rings is 1. The molecule has 0 N–H and O–H groups in total. The fourth-order valence-electron chi connectivity index (χ4n) is 3.11. The van der Waals surface area contributed by atoms with E-state index in [0.29, 0.717) is 11.3 Å². The SMILES string of the molecule is COc1cc(Br)c(CN2CCN(c3ncccc3C#N)CC2)cc1OC. The van der Waals surface area contributed by atoms with Crippen LogP contribution in [0.4, 0.5) is 5.82 Å². The van der Waals surface area contributed by atoms with E-state index in [4.69, 9.17) is 9.47 Å². The molecule has 1 fully saturated rings. The first kappa shape index (κ1) is 18.5. The molecule has 0 aliphatic carbocycles. The number of nitriles is 1. The lowest BCUT2D eigenvalue weighted by Crippen LogP contribution is -2.46. The molecule has 136 valence electrons. The van der Waals surface area contributed by atoms with E-state index < -0.39 is 0 Å². The average Bonchev–Trinajstić information content (AvgIpc) is 2.69. The van der Waals surface area contributed by atoms with E-state index >= 15 is 0 Å². The van der Waals surface area contributed by atoms with Crippen LogP contribution in [0.1, 0.15) is 11.1 Å². The van der Waals surface area contributed by atoms with Gasteiger partial charge in [-0.15, -0.1) is 0 Å². The summed E-state index contributed by atoms with van der Waals surface area (Å²) >= 11 is 3.63. The van der Waals surface area contributed by atoms with Gasteiger partial charge >= 0.3 is 0 Å². The Hall–Kier alpha value is -2.30. The van der Waals surface area contributed by atoms with Crippen molar-refractivity contribution in [3.63, 3.8) is 0 Å². The highest BCUT2D eigenvalue weighted by atomic mass is 79.9. The number of halogens is 1. The maximum atomic E-state index is 9.26. The highest BCUT2D eigenvalue weighted by Crippen LogP contribution is 2.34. The quantitative estimate of drug-likeness (QED) is 0.746. The Kier molecular flexibility index (Phi) is 5.96. The van der Waals surface area contributed by atoms with Crippen LogP contribution < -0.4 is 14.4 Å². The minimum absolute atomic E-state index is 0.628. The van der Waals surface area contributed by atoms with Crippen LogP contribution in [0.5, 0.6) is 11.5 Å². The van der Waals surface area contributed by atoms with Crippen LogP contribution in [-0.4, -0.2) is 50.3 Å². The highest BCUT2D eigenvalue weighted by molar-refractivity contribution is 9.10. The fraction of sp³-hybridized carbons (Fsp3) is 0.368. The van der Waals surface area contributed by atoms with Crippen LogP contribution in [0.25, 0.3) is 0 Å². The molecule has 0 atom stereocenters. The Morgan fingerprint density at radius 2 is 1.85 bits per heavy atom. The summed E-state index contributed by atoms with van der Waals surface area (Å²) in [6.07, 6.45) is 1.74. The van der Waals surface area contributed by atoms with Crippen LogP contribution in [0.15, 0.2) is 34.9 Å². The van der Waals surface area contributed by atoms with Crippen molar-refractivity contribution in [1.29, 1.82) is 5.26 Å². The molecule has 2 aromatic rings. The first-order valence-corrected chi connectivity index (χ1v) is 9.18. The fourth-order valence-corrected chi connectivity index (χ4v) is 3.56. The van der Waals surface area contributed by atoms with Crippen LogP contribution in [0, 0.1) is 11.3 Å². The molecular weight excluding hydrogens is 396 g/mol. The number of piperazine rings is 1. The molecule has 0 radical (unpaired) electrons. The Morgan fingerprint density at radius 3 is 2.50 bits per heavy atom. The standard InChI is InChI=1S/C19H21BrN4O2/c1-25-17-10-15(16(20)11-18(17)26-2)13-23-6-8-24(9-7-23)19-14(12-21)4-3-5-22-19/h3-5,10-11H,6-9,13H2,1-2H3. The summed E-state index contributed by atoms with van der Waals surface area (Å²) in [6.45, 7) is 4.32. The molecule has 0 unspecified atom stereocenters. The number of ether oxygens (including phenoxy) is 2. The topological polar surface area (TPSA) is 61.6 Å². The number of hydrogen-bond acceptors (Lipinski definition) is 6. The van der Waals surface area contributed by atoms with Gasteiger partial charge in [0.05, 0.1) is 19.8 Å². The normalized spacial score (nSPS) is 14.8. The van der Waals surface area contributed by atoms with E-state index in [0.717, 1.165) is 54.3 Å². The van der Waals surface area contributed by atoms with Crippen LogP contribution in [0.2, 0.25) is 0 Å². The maximum absolute atomic E-state index is 9.26. The first-order valence-electron chi connectivity index (χ1n) is 8.39. The van der Waals surface area contributed by atoms with Crippen LogP contribution in [0.3, 0.4) is 0 Å². The molecule has 1 aromatic carbocycles. The van der Waals surface area contributed by atoms with E-state index in [9.17, 15) is 5.26 Å². The van der Waals surface area contributed by atoms with E-state index in [-0.39, 0.29) is 0 Å². The van der Waals surface area contributed by atoms with Gasteiger partial charge in [0.15, 0.2) is 11.5 Å². The van der Waals surface area contributed by atoms with Gasteiger partial charge in [0, 0.05) is 43.4 Å². The van der Waals surface area contributed by atoms with Crippen molar-refractivity contribution in [2.75, 3.05) is 45.3 Å². The molecular formula is C19H21BrN4O2. The number of anilines is 1. The lowest BCUT2D eigenvalue weighted by molar-refractivity contribution is 0.248. The van der Waals surface area contributed by atoms with Gasteiger partial charge in [0.25, 0.3) is 0 Å². The summed E-state index contributed by atoms with van der Waals surface area (Å²) in [7, 11) is 3.28. The van der Waals surface area contributed by atoms with Gasteiger partial charge in [-0.1, -0.05) is 15.9 Å². The molecule has 3 rings (SSSR count). The smallest absolute Gasteiger partial charge is 0.161 e. The van der Waals surface area contributed by atoms with Crippen molar-refractivity contribution in [1.82, 2.24) is 9.88 Å². The third-order valence-corrected chi connectivity index (χ3v) is 5.26. The molecule has 0 saturated carbocycles. The van der Waals surface area contributed by atoms with E-state index in [2.05, 4.69) is 36.8 Å². The third kappa shape index (κ3) is 3.92. The van der Waals surface area contributed by atoms with Gasteiger partial charge in [-0.05, 0) is 29.8 Å². The second-order valence-electron chi connectivity index (χ2n) is 6.05. The lowest BCUT2D eigenvalue weighted by Gasteiger charge is -2.35. The molecule has 7 heteroatoms. The summed E-state index contributed by atoms with van der Waals surface area (Å²) in [5, 5.41) is 9.26. The zero-order valence-corrected chi connectivity index (χ0v) is 16.5. The number of methoxy groups -OCH3 is 2. The van der Waals surface area contributed by atoms with Crippen molar-refractivity contribution in [3.8, 4) is 17.6 Å². The zero-order valence-electron chi connectivity index (χ0n) is 14.9. The third-order valence-electron chi connectivity index (χ3n) is 4.53. The molecule has 26 heavy (non-hydrogen) atoms. The second-order valence-corrected chi connectivity index (χ2v) is 6.90. The molecule has 1 aromatic heterocycles. The summed E-state index contributed by atoms with van der Waals surface area (Å²) in [5.41, 5.74) is 1.79. The summed E-state index contributed by atoms with van der Waals surface area (Å²) in [4.78, 5) is 8.95. The minimum atomic E-state index is 0.628. The Balaban J connectivity index is 1.67. The number of nitrogens with zero attached hydrogens (tertiary/aromatic N) is 4. The highest BCUT2D eigenvalue weighted by Gasteiger charge is 2.21. The van der Waals surface area contributed by atoms with Crippen molar-refractivity contribution >= 4 is 21.7 Å². The van der Waals surface area contributed by atoms with E-state index in [1.54, 1.807) is 26.5 Å². The summed E-state index contributed by atoms with van der Waals surface area (Å²) in [5.74, 6) is 2.23. The predicted octanol–water partition coefficient (Wildman–Crippen LogP) is 3.06. The van der Waals surface area contributed by atoms with Crippen molar-refractivity contribution in [2.45, 2.75) is 6.54 Å². The van der Waals surface area contributed by atoms with Gasteiger partial charge in [-0.2, -0.15) is 5.26 Å². The second kappa shape index (κ2) is 8.39. The van der Waals surface area contributed by atoms with Crippen molar-refractivity contribution in [3.05, 3.63) is 46.1 Å². The molecule has 1 saturated heterocycles. The number of rotatable bonds is 5. The average molecular weight is 417 g/mol. The molecule has 2 heterocycles. The molecule has 1 aliphatic rings. The largest absolute Gasteiger partial charge is 0.493 e. The van der Waals surface area contributed by atoms with Gasteiger partial charge in [-0.3, -0.25) is 4.90 Å². The van der Waals surface area contributed by atoms with E-state index in [1.807, 2.05) is 18.2 Å². The number of aromatic nitrogens is 1. The van der Waals surface area contributed by atoms with Crippen molar-refractivity contribution < 1.29 is 9.47 Å². The number of pyridine rings is 1. The van der Waals surface area contributed by atoms with E-state index in [1.165, 1.54) is 0 Å². The van der Waals surface area contributed by atoms with Gasteiger partial charge in [0.1, 0.15) is 11.9 Å². The Morgan fingerprint density at radius 1 is 1.15 bits per heavy atom. The summed E-state index contributed by atoms with van der Waals surface area (Å²) in [6, 6.07) is 9.80. The monoisotopic (exact) mass is 416 g/mol. The lowest BCUT2D eigenvalue weighted by atomic mass is 10.1. The molecule has 6 nitrogen and oxygen atoms in total. The van der Waals surface area contributed by atoms with Gasteiger partial charge in [-0.25, -0.2) is 4.98 Å². The Bertz CT molecular complexity index is 814. The predicted molar refractivity (Wildman–Crippen MR) is 104 cm³/mol. The number of hydrogen-bond donors (Lipinski definition) is 0. The molecule has 0 spiro atoms.